The zero-order valence-electron chi connectivity index (χ0n) is 14.1. The summed E-state index contributed by atoms with van der Waals surface area (Å²) in [4.78, 5) is 28.1. The Labute approximate surface area is 155 Å². The molecule has 2 aromatic carbocycles. The predicted molar refractivity (Wildman–Crippen MR) is 103 cm³/mol. The van der Waals surface area contributed by atoms with Gasteiger partial charge in [0.05, 0.1) is 0 Å². The van der Waals surface area contributed by atoms with Crippen molar-refractivity contribution >= 4 is 28.4 Å². The summed E-state index contributed by atoms with van der Waals surface area (Å²) in [6, 6.07) is 12.6. The molecule has 0 spiro atoms. The van der Waals surface area contributed by atoms with E-state index in [1.165, 1.54) is 6.20 Å². The number of aryl methyl sites for hydroxylation is 1. The molecule has 0 saturated carbocycles. The van der Waals surface area contributed by atoms with E-state index in [0.717, 1.165) is 11.1 Å². The highest BCUT2D eigenvalue weighted by Crippen LogP contribution is 2.13. The second-order valence-corrected chi connectivity index (χ2v) is 6.48. The number of halogens is 1. The van der Waals surface area contributed by atoms with Crippen LogP contribution >= 0.6 is 11.6 Å². The molecule has 3 rings (SSSR count). The van der Waals surface area contributed by atoms with Crippen LogP contribution < -0.4 is 10.7 Å². The fraction of sp³-hybridized carbons (Fsp3) is 0.200. The molecule has 3 N–H and O–H groups in total. The minimum Gasteiger partial charge on any atom is -0.396 e. The summed E-state index contributed by atoms with van der Waals surface area (Å²) in [7, 11) is 0. The Morgan fingerprint density at radius 2 is 1.85 bits per heavy atom. The van der Waals surface area contributed by atoms with E-state index in [9.17, 15) is 9.59 Å². The molecule has 0 saturated heterocycles. The molecule has 1 aromatic heterocycles. The molecular formula is C20H19ClN2O3. The standard InChI is InChI=1S/C20H19ClN2O3/c21-15-6-3-14(4-7-15)11-23-20(26)17-12-22-18-8-5-13(2-1-9-24)10-16(18)19(17)25/h3-8,10,12,24H,1-2,9,11H2,(H,22,25)(H,23,26). The predicted octanol–water partition coefficient (Wildman–Crippen LogP) is 3.04. The number of aromatic amines is 1. The van der Waals surface area contributed by atoms with Gasteiger partial charge in [0, 0.05) is 35.3 Å². The minimum absolute atomic E-state index is 0.0748. The van der Waals surface area contributed by atoms with Crippen LogP contribution in [0.15, 0.2) is 53.5 Å². The maximum Gasteiger partial charge on any atom is 0.257 e. The van der Waals surface area contributed by atoms with Gasteiger partial charge in [-0.15, -0.1) is 0 Å². The summed E-state index contributed by atoms with van der Waals surface area (Å²) in [6.45, 7) is 0.408. The van der Waals surface area contributed by atoms with Crippen LogP contribution in [0.4, 0.5) is 0 Å². The minimum atomic E-state index is -0.427. The lowest BCUT2D eigenvalue weighted by Gasteiger charge is -2.07. The van der Waals surface area contributed by atoms with E-state index in [1.54, 1.807) is 18.2 Å². The van der Waals surface area contributed by atoms with Crippen LogP contribution in [-0.2, 0) is 13.0 Å². The average Bonchev–Trinajstić information content (AvgIpc) is 2.66. The maximum absolute atomic E-state index is 12.7. The zero-order chi connectivity index (χ0) is 18.5. The highest BCUT2D eigenvalue weighted by atomic mass is 35.5. The van der Waals surface area contributed by atoms with E-state index < -0.39 is 5.91 Å². The molecule has 3 aromatic rings. The zero-order valence-corrected chi connectivity index (χ0v) is 14.8. The van der Waals surface area contributed by atoms with Crippen molar-refractivity contribution in [1.29, 1.82) is 0 Å². The number of carbonyl (C=O) groups is 1. The third kappa shape index (κ3) is 4.12. The van der Waals surface area contributed by atoms with Gasteiger partial charge in [0.15, 0.2) is 0 Å². The molecule has 5 nitrogen and oxygen atoms in total. The Hall–Kier alpha value is -2.63. The number of pyridine rings is 1. The van der Waals surface area contributed by atoms with Gasteiger partial charge in [0.1, 0.15) is 5.56 Å². The summed E-state index contributed by atoms with van der Waals surface area (Å²) < 4.78 is 0. The van der Waals surface area contributed by atoms with E-state index in [4.69, 9.17) is 16.7 Å². The topological polar surface area (TPSA) is 82.2 Å². The molecule has 0 aliphatic rings. The second kappa shape index (κ2) is 8.17. The molecule has 6 heteroatoms. The first kappa shape index (κ1) is 18.2. The van der Waals surface area contributed by atoms with Crippen molar-refractivity contribution in [3.8, 4) is 0 Å². The van der Waals surface area contributed by atoms with E-state index >= 15 is 0 Å². The number of rotatable bonds is 6. The number of nitrogens with one attached hydrogen (secondary N) is 2. The molecule has 0 aliphatic heterocycles. The lowest BCUT2D eigenvalue weighted by Crippen LogP contribution is -2.28. The lowest BCUT2D eigenvalue weighted by molar-refractivity contribution is 0.0949. The third-order valence-electron chi connectivity index (χ3n) is 4.18. The molecule has 1 amide bonds. The maximum atomic E-state index is 12.7. The first-order chi connectivity index (χ1) is 12.6. The van der Waals surface area contributed by atoms with Gasteiger partial charge in [-0.2, -0.15) is 0 Å². The van der Waals surface area contributed by atoms with Gasteiger partial charge in [-0.25, -0.2) is 0 Å². The van der Waals surface area contributed by atoms with Crippen LogP contribution in [0.1, 0.15) is 27.9 Å². The highest BCUT2D eigenvalue weighted by Gasteiger charge is 2.13. The van der Waals surface area contributed by atoms with Gasteiger partial charge >= 0.3 is 0 Å². The molecule has 0 aliphatic carbocycles. The highest BCUT2D eigenvalue weighted by molar-refractivity contribution is 6.30. The fourth-order valence-electron chi connectivity index (χ4n) is 2.75. The van der Waals surface area contributed by atoms with Gasteiger partial charge in [-0.3, -0.25) is 9.59 Å². The third-order valence-corrected chi connectivity index (χ3v) is 4.43. The number of hydrogen-bond acceptors (Lipinski definition) is 3. The quantitative estimate of drug-likeness (QED) is 0.623. The van der Waals surface area contributed by atoms with Crippen molar-refractivity contribution in [1.82, 2.24) is 10.3 Å². The summed E-state index contributed by atoms with van der Waals surface area (Å²) in [5.74, 6) is -0.427. The van der Waals surface area contributed by atoms with Crippen molar-refractivity contribution in [2.45, 2.75) is 19.4 Å². The van der Waals surface area contributed by atoms with Crippen LogP contribution in [0, 0.1) is 0 Å². The van der Waals surface area contributed by atoms with E-state index in [1.807, 2.05) is 24.3 Å². The normalized spacial score (nSPS) is 10.8. The number of aromatic nitrogens is 1. The Bertz CT molecular complexity index is 981. The number of carbonyl (C=O) groups excluding carboxylic acids is 1. The first-order valence-corrected chi connectivity index (χ1v) is 8.74. The van der Waals surface area contributed by atoms with Crippen LogP contribution in [-0.4, -0.2) is 22.6 Å². The number of amides is 1. The second-order valence-electron chi connectivity index (χ2n) is 6.05. The Balaban J connectivity index is 1.82. The molecule has 0 radical (unpaired) electrons. The Morgan fingerprint density at radius 3 is 2.58 bits per heavy atom. The molecule has 0 unspecified atom stereocenters. The van der Waals surface area contributed by atoms with E-state index in [2.05, 4.69) is 10.3 Å². The number of H-pyrrole nitrogens is 1. The number of aliphatic hydroxyl groups is 1. The van der Waals surface area contributed by atoms with Gasteiger partial charge in [-0.1, -0.05) is 29.8 Å². The van der Waals surface area contributed by atoms with Crippen LogP contribution in [0.2, 0.25) is 5.02 Å². The largest absolute Gasteiger partial charge is 0.396 e. The molecular weight excluding hydrogens is 352 g/mol. The average molecular weight is 371 g/mol. The number of fused-ring (bicyclic) bond motifs is 1. The molecule has 134 valence electrons. The summed E-state index contributed by atoms with van der Waals surface area (Å²) in [6.07, 6.45) is 2.75. The molecule has 0 atom stereocenters. The Morgan fingerprint density at radius 1 is 1.12 bits per heavy atom. The number of aliphatic hydroxyl groups excluding tert-OH is 1. The van der Waals surface area contributed by atoms with Gasteiger partial charge in [0.25, 0.3) is 5.91 Å². The van der Waals surface area contributed by atoms with E-state index in [0.29, 0.717) is 35.3 Å². The smallest absolute Gasteiger partial charge is 0.257 e. The van der Waals surface area contributed by atoms with Crippen molar-refractivity contribution in [2.24, 2.45) is 0 Å². The lowest BCUT2D eigenvalue weighted by atomic mass is 10.0. The van der Waals surface area contributed by atoms with Gasteiger partial charge < -0.3 is 15.4 Å². The van der Waals surface area contributed by atoms with Crippen LogP contribution in [0.25, 0.3) is 10.9 Å². The monoisotopic (exact) mass is 370 g/mol. The fourth-order valence-corrected chi connectivity index (χ4v) is 2.88. The molecule has 0 bridgehead atoms. The van der Waals surface area contributed by atoms with Crippen molar-refractivity contribution in [2.75, 3.05) is 6.61 Å². The molecule has 1 heterocycles. The number of hydrogen-bond donors (Lipinski definition) is 3. The van der Waals surface area contributed by atoms with E-state index in [-0.39, 0.29) is 17.6 Å². The molecule has 0 fully saturated rings. The summed E-state index contributed by atoms with van der Waals surface area (Å²) in [5.41, 5.74) is 2.29. The molecule has 26 heavy (non-hydrogen) atoms. The van der Waals surface area contributed by atoms with Crippen LogP contribution in [0.5, 0.6) is 0 Å². The summed E-state index contributed by atoms with van der Waals surface area (Å²) in [5, 5.41) is 12.8. The number of benzene rings is 2. The van der Waals surface area contributed by atoms with Gasteiger partial charge in [-0.05, 0) is 48.2 Å². The van der Waals surface area contributed by atoms with Crippen molar-refractivity contribution < 1.29 is 9.90 Å². The Kier molecular flexibility index (Phi) is 5.71. The summed E-state index contributed by atoms with van der Waals surface area (Å²) >= 11 is 5.84. The van der Waals surface area contributed by atoms with Crippen molar-refractivity contribution in [3.05, 3.63) is 80.6 Å². The first-order valence-electron chi connectivity index (χ1n) is 8.36. The van der Waals surface area contributed by atoms with Gasteiger partial charge in [0.2, 0.25) is 5.43 Å². The van der Waals surface area contributed by atoms with Crippen molar-refractivity contribution in [3.63, 3.8) is 0 Å². The SMILES string of the molecule is O=C(NCc1ccc(Cl)cc1)c1c[nH]c2ccc(CCCO)cc2c1=O. The van der Waals surface area contributed by atoms with Crippen LogP contribution in [0.3, 0.4) is 0 Å².